The Balaban J connectivity index is 2.42. The van der Waals surface area contributed by atoms with Gasteiger partial charge in [-0.05, 0) is 24.1 Å². The van der Waals surface area contributed by atoms with Crippen LogP contribution in [0.3, 0.4) is 0 Å². The second-order valence-corrected chi connectivity index (χ2v) is 3.80. The number of allylic oxidation sites excluding steroid dienone is 1. The van der Waals surface area contributed by atoms with Gasteiger partial charge in [-0.15, -0.1) is 0 Å². The maximum Gasteiger partial charge on any atom is 0.135 e. The molecule has 1 atom stereocenters. The number of rotatable bonds is 1. The molecule has 1 aliphatic heterocycles. The van der Waals surface area contributed by atoms with E-state index in [1.807, 2.05) is 30.3 Å². The predicted octanol–water partition coefficient (Wildman–Crippen LogP) is 2.30. The van der Waals surface area contributed by atoms with E-state index >= 15 is 0 Å². The molecule has 3 heteroatoms. The van der Waals surface area contributed by atoms with Crippen molar-refractivity contribution in [2.75, 3.05) is 13.1 Å². The van der Waals surface area contributed by atoms with Crippen molar-refractivity contribution in [1.82, 2.24) is 5.32 Å². The zero-order valence-electron chi connectivity index (χ0n) is 8.91. The van der Waals surface area contributed by atoms with Crippen LogP contribution < -0.4 is 5.32 Å². The van der Waals surface area contributed by atoms with Gasteiger partial charge < -0.3 is 5.32 Å². The number of nitriles is 1. The van der Waals surface area contributed by atoms with Gasteiger partial charge in [0.1, 0.15) is 6.17 Å². The fraction of sp³-hybridized carbons (Fsp3) is 0.308. The zero-order valence-corrected chi connectivity index (χ0v) is 8.91. The Morgan fingerprint density at radius 1 is 1.38 bits per heavy atom. The third-order valence-corrected chi connectivity index (χ3v) is 2.77. The third-order valence-electron chi connectivity index (χ3n) is 2.77. The molecule has 1 fully saturated rings. The lowest BCUT2D eigenvalue weighted by Crippen LogP contribution is -2.33. The third kappa shape index (κ3) is 2.12. The van der Waals surface area contributed by atoms with Crippen molar-refractivity contribution in [3.8, 4) is 6.07 Å². The van der Waals surface area contributed by atoms with Crippen molar-refractivity contribution in [2.24, 2.45) is 0 Å². The van der Waals surface area contributed by atoms with Gasteiger partial charge in [0, 0.05) is 6.54 Å². The highest BCUT2D eigenvalue weighted by atomic mass is 19.1. The topological polar surface area (TPSA) is 35.8 Å². The Morgan fingerprint density at radius 3 is 2.75 bits per heavy atom. The first-order valence-corrected chi connectivity index (χ1v) is 5.36. The summed E-state index contributed by atoms with van der Waals surface area (Å²) in [5.74, 6) is 0. The van der Waals surface area contributed by atoms with E-state index in [-0.39, 0.29) is 0 Å². The summed E-state index contributed by atoms with van der Waals surface area (Å²) in [5, 5.41) is 12.1. The molecule has 0 aliphatic carbocycles. The molecule has 0 saturated carbocycles. The second kappa shape index (κ2) is 4.91. The van der Waals surface area contributed by atoms with Gasteiger partial charge in [0.15, 0.2) is 0 Å². The van der Waals surface area contributed by atoms with Crippen LogP contribution in [0.5, 0.6) is 0 Å². The van der Waals surface area contributed by atoms with E-state index in [1.165, 1.54) is 0 Å². The normalized spacial score (nSPS) is 23.6. The van der Waals surface area contributed by atoms with Gasteiger partial charge in [-0.3, -0.25) is 0 Å². The number of piperidine rings is 1. The van der Waals surface area contributed by atoms with Gasteiger partial charge in [0.05, 0.1) is 11.6 Å². The summed E-state index contributed by atoms with van der Waals surface area (Å²) in [5.41, 5.74) is 1.94. The summed E-state index contributed by atoms with van der Waals surface area (Å²) >= 11 is 0. The molecule has 1 N–H and O–H groups in total. The van der Waals surface area contributed by atoms with Crippen LogP contribution in [0, 0.1) is 11.3 Å². The monoisotopic (exact) mass is 216 g/mol. The molecular formula is C13H13FN2. The molecule has 0 amide bonds. The molecule has 2 nitrogen and oxygen atoms in total. The first-order valence-electron chi connectivity index (χ1n) is 5.36. The van der Waals surface area contributed by atoms with Crippen LogP contribution in [0.2, 0.25) is 0 Å². The average Bonchev–Trinajstić information content (AvgIpc) is 2.34. The number of nitrogens with zero attached hydrogens (tertiary/aromatic N) is 1. The fourth-order valence-electron chi connectivity index (χ4n) is 1.94. The lowest BCUT2D eigenvalue weighted by molar-refractivity contribution is 0.333. The minimum absolute atomic E-state index is 0.313. The summed E-state index contributed by atoms with van der Waals surface area (Å²) in [6.45, 7) is 1.06. The van der Waals surface area contributed by atoms with Crippen molar-refractivity contribution in [3.05, 3.63) is 41.5 Å². The van der Waals surface area contributed by atoms with Gasteiger partial charge in [0.2, 0.25) is 0 Å². The highest BCUT2D eigenvalue weighted by Gasteiger charge is 2.21. The summed E-state index contributed by atoms with van der Waals surface area (Å²) in [4.78, 5) is 0. The number of benzene rings is 1. The number of nitrogens with one attached hydrogen (secondary N) is 1. The molecule has 1 aromatic rings. The quantitative estimate of drug-likeness (QED) is 0.731. The van der Waals surface area contributed by atoms with Crippen molar-refractivity contribution < 1.29 is 4.39 Å². The summed E-state index contributed by atoms with van der Waals surface area (Å²) in [7, 11) is 0. The van der Waals surface area contributed by atoms with E-state index in [0.29, 0.717) is 24.1 Å². The standard InChI is InChI=1S/C13H13FN2/c14-13-9-16-7-6-11(13)12(8-15)10-4-2-1-3-5-10/h1-5,13,16H,6-7,9H2. The number of alkyl halides is 1. The molecule has 82 valence electrons. The smallest absolute Gasteiger partial charge is 0.135 e. The Labute approximate surface area is 94.4 Å². The molecule has 0 bridgehead atoms. The summed E-state index contributed by atoms with van der Waals surface area (Å²) in [6, 6.07) is 11.4. The van der Waals surface area contributed by atoms with Crippen molar-refractivity contribution in [1.29, 1.82) is 5.26 Å². The van der Waals surface area contributed by atoms with Crippen LogP contribution in [-0.2, 0) is 0 Å². The second-order valence-electron chi connectivity index (χ2n) is 3.80. The largest absolute Gasteiger partial charge is 0.313 e. The maximum absolute atomic E-state index is 13.7. The fourth-order valence-corrected chi connectivity index (χ4v) is 1.94. The van der Waals surface area contributed by atoms with Crippen LogP contribution in [0.25, 0.3) is 5.57 Å². The van der Waals surface area contributed by atoms with E-state index < -0.39 is 6.17 Å². The minimum Gasteiger partial charge on any atom is -0.313 e. The molecular weight excluding hydrogens is 203 g/mol. The van der Waals surface area contributed by atoms with Crippen molar-refractivity contribution >= 4 is 5.57 Å². The predicted molar refractivity (Wildman–Crippen MR) is 61.4 cm³/mol. The van der Waals surface area contributed by atoms with Gasteiger partial charge in [-0.2, -0.15) is 5.26 Å². The van der Waals surface area contributed by atoms with Crippen LogP contribution >= 0.6 is 0 Å². The number of hydrogen-bond donors (Lipinski definition) is 1. The maximum atomic E-state index is 13.7. The summed E-state index contributed by atoms with van der Waals surface area (Å²) in [6.07, 6.45) is -0.428. The lowest BCUT2D eigenvalue weighted by atomic mass is 9.93. The lowest BCUT2D eigenvalue weighted by Gasteiger charge is -2.21. The van der Waals surface area contributed by atoms with Gasteiger partial charge >= 0.3 is 0 Å². The van der Waals surface area contributed by atoms with E-state index in [0.717, 1.165) is 12.1 Å². The Kier molecular flexibility index (Phi) is 3.33. The first-order chi connectivity index (χ1) is 7.83. The molecule has 1 heterocycles. The van der Waals surface area contributed by atoms with Crippen molar-refractivity contribution in [2.45, 2.75) is 12.6 Å². The molecule has 2 rings (SSSR count). The van der Waals surface area contributed by atoms with Gasteiger partial charge in [-0.1, -0.05) is 30.3 Å². The van der Waals surface area contributed by atoms with Crippen molar-refractivity contribution in [3.63, 3.8) is 0 Å². The highest BCUT2D eigenvalue weighted by Crippen LogP contribution is 2.25. The van der Waals surface area contributed by atoms with Gasteiger partial charge in [-0.25, -0.2) is 4.39 Å². The average molecular weight is 216 g/mol. The molecule has 0 radical (unpaired) electrons. The Morgan fingerprint density at radius 2 is 2.12 bits per heavy atom. The number of halogens is 1. The molecule has 0 aromatic heterocycles. The molecule has 16 heavy (non-hydrogen) atoms. The van der Waals surface area contributed by atoms with E-state index in [2.05, 4.69) is 11.4 Å². The van der Waals surface area contributed by atoms with Crippen LogP contribution in [0.1, 0.15) is 12.0 Å². The Bertz CT molecular complexity index is 431. The molecule has 1 unspecified atom stereocenters. The Hall–Kier alpha value is -1.66. The minimum atomic E-state index is -1.04. The van der Waals surface area contributed by atoms with Crippen LogP contribution in [0.15, 0.2) is 35.9 Å². The van der Waals surface area contributed by atoms with Gasteiger partial charge in [0.25, 0.3) is 0 Å². The van der Waals surface area contributed by atoms with E-state index in [4.69, 9.17) is 5.26 Å². The van der Waals surface area contributed by atoms with Crippen LogP contribution in [-0.4, -0.2) is 19.3 Å². The zero-order chi connectivity index (χ0) is 11.4. The SMILES string of the molecule is N#CC(=C1CCNCC1F)c1ccccc1. The van der Waals surface area contributed by atoms with E-state index in [1.54, 1.807) is 0 Å². The summed E-state index contributed by atoms with van der Waals surface area (Å²) < 4.78 is 13.7. The van der Waals surface area contributed by atoms with E-state index in [9.17, 15) is 4.39 Å². The number of hydrogen-bond acceptors (Lipinski definition) is 2. The molecule has 1 aliphatic rings. The highest BCUT2D eigenvalue weighted by molar-refractivity contribution is 5.80. The molecule has 1 aromatic carbocycles. The molecule has 1 saturated heterocycles. The molecule has 0 spiro atoms. The van der Waals surface area contributed by atoms with Crippen LogP contribution in [0.4, 0.5) is 4.39 Å². The first kappa shape index (κ1) is 10.8.